The van der Waals surface area contributed by atoms with Crippen molar-refractivity contribution in [1.29, 1.82) is 5.26 Å². The van der Waals surface area contributed by atoms with Crippen LogP contribution < -0.4 is 0 Å². The molecule has 0 aliphatic rings. The minimum Gasteiger partial charge on any atom is -0.342 e. The number of nitrogens with zero attached hydrogens (tertiary/aromatic N) is 2. The molecule has 0 aromatic carbocycles. The maximum absolute atomic E-state index is 11.6. The minimum absolute atomic E-state index is 0.191. The van der Waals surface area contributed by atoms with Gasteiger partial charge in [-0.2, -0.15) is 5.26 Å². The van der Waals surface area contributed by atoms with Crippen LogP contribution in [-0.4, -0.2) is 23.9 Å². The number of amides is 1. The molecule has 0 N–H and O–H groups in total. The zero-order valence-corrected chi connectivity index (χ0v) is 9.25. The molecule has 1 amide bonds. The second-order valence-electron chi connectivity index (χ2n) is 3.34. The summed E-state index contributed by atoms with van der Waals surface area (Å²) in [4.78, 5) is 13.3. The van der Waals surface area contributed by atoms with Crippen molar-refractivity contribution in [2.24, 2.45) is 0 Å². The highest BCUT2D eigenvalue weighted by atomic mass is 16.2. The van der Waals surface area contributed by atoms with Crippen LogP contribution >= 0.6 is 0 Å². The highest BCUT2D eigenvalue weighted by molar-refractivity contribution is 5.76. The van der Waals surface area contributed by atoms with Gasteiger partial charge >= 0.3 is 0 Å². The molecule has 0 heterocycles. The van der Waals surface area contributed by atoms with Gasteiger partial charge in [-0.05, 0) is 13.3 Å². The highest BCUT2D eigenvalue weighted by Crippen LogP contribution is 2.03. The molecule has 0 aromatic rings. The Morgan fingerprint density at radius 1 is 1.36 bits per heavy atom. The molecule has 0 bridgehead atoms. The summed E-state index contributed by atoms with van der Waals surface area (Å²) in [5.41, 5.74) is 0. The number of hydrogen-bond donors (Lipinski definition) is 0. The molecule has 0 radical (unpaired) electrons. The SMILES string of the molecule is CCCCCC(=O)N(CC)CCC#N. The van der Waals surface area contributed by atoms with E-state index < -0.39 is 0 Å². The standard InChI is InChI=1S/C11H20N2O/c1-3-5-6-8-11(14)13(4-2)10-7-9-12/h3-8,10H2,1-2H3. The summed E-state index contributed by atoms with van der Waals surface area (Å²) < 4.78 is 0. The second kappa shape index (κ2) is 8.55. The minimum atomic E-state index is 0.191. The molecular formula is C11H20N2O. The van der Waals surface area contributed by atoms with Crippen molar-refractivity contribution in [2.75, 3.05) is 13.1 Å². The largest absolute Gasteiger partial charge is 0.342 e. The summed E-state index contributed by atoms with van der Waals surface area (Å²) in [6.45, 7) is 5.37. The molecule has 0 unspecified atom stereocenters. The summed E-state index contributed by atoms with van der Waals surface area (Å²) in [6.07, 6.45) is 4.29. The zero-order valence-electron chi connectivity index (χ0n) is 9.25. The van der Waals surface area contributed by atoms with E-state index in [9.17, 15) is 4.79 Å². The summed E-state index contributed by atoms with van der Waals surface area (Å²) >= 11 is 0. The van der Waals surface area contributed by atoms with Gasteiger partial charge in [0.2, 0.25) is 5.91 Å². The van der Waals surface area contributed by atoms with Crippen molar-refractivity contribution in [3.05, 3.63) is 0 Å². The highest BCUT2D eigenvalue weighted by Gasteiger charge is 2.09. The Bertz CT molecular complexity index is 196. The molecule has 0 fully saturated rings. The monoisotopic (exact) mass is 196 g/mol. The van der Waals surface area contributed by atoms with Gasteiger partial charge < -0.3 is 4.90 Å². The van der Waals surface area contributed by atoms with Crippen molar-refractivity contribution in [3.8, 4) is 6.07 Å². The van der Waals surface area contributed by atoms with Gasteiger partial charge in [0, 0.05) is 19.5 Å². The number of carbonyl (C=O) groups is 1. The first kappa shape index (κ1) is 13.0. The first-order valence-corrected chi connectivity index (χ1v) is 5.41. The van der Waals surface area contributed by atoms with E-state index in [1.54, 1.807) is 4.90 Å². The molecule has 0 saturated carbocycles. The van der Waals surface area contributed by atoms with Crippen LogP contribution in [0.1, 0.15) is 46.0 Å². The van der Waals surface area contributed by atoms with Gasteiger partial charge in [0.15, 0.2) is 0 Å². The second-order valence-corrected chi connectivity index (χ2v) is 3.34. The van der Waals surface area contributed by atoms with Crippen molar-refractivity contribution in [2.45, 2.75) is 46.0 Å². The Labute approximate surface area is 86.7 Å². The Kier molecular flexibility index (Phi) is 7.92. The van der Waals surface area contributed by atoms with Gasteiger partial charge in [-0.25, -0.2) is 0 Å². The van der Waals surface area contributed by atoms with Crippen LogP contribution in [0.25, 0.3) is 0 Å². The lowest BCUT2D eigenvalue weighted by molar-refractivity contribution is -0.131. The number of carbonyl (C=O) groups excluding carboxylic acids is 1. The normalized spacial score (nSPS) is 9.50. The van der Waals surface area contributed by atoms with Crippen LogP contribution in [0.5, 0.6) is 0 Å². The maximum Gasteiger partial charge on any atom is 0.222 e. The number of hydrogen-bond acceptors (Lipinski definition) is 2. The molecule has 14 heavy (non-hydrogen) atoms. The van der Waals surface area contributed by atoms with E-state index in [0.29, 0.717) is 25.9 Å². The van der Waals surface area contributed by atoms with Gasteiger partial charge in [-0.1, -0.05) is 19.8 Å². The third kappa shape index (κ3) is 5.58. The van der Waals surface area contributed by atoms with E-state index in [-0.39, 0.29) is 5.91 Å². The summed E-state index contributed by atoms with van der Waals surface area (Å²) in [5.74, 6) is 0.191. The topological polar surface area (TPSA) is 44.1 Å². The van der Waals surface area contributed by atoms with Gasteiger partial charge in [0.1, 0.15) is 0 Å². The molecule has 3 nitrogen and oxygen atoms in total. The summed E-state index contributed by atoms with van der Waals surface area (Å²) in [6, 6.07) is 2.06. The van der Waals surface area contributed by atoms with E-state index in [0.717, 1.165) is 19.3 Å². The smallest absolute Gasteiger partial charge is 0.222 e. The first-order valence-electron chi connectivity index (χ1n) is 5.41. The van der Waals surface area contributed by atoms with Crippen LogP contribution in [0.3, 0.4) is 0 Å². The third-order valence-corrected chi connectivity index (χ3v) is 2.22. The number of unbranched alkanes of at least 4 members (excludes halogenated alkanes) is 2. The maximum atomic E-state index is 11.6. The predicted molar refractivity (Wildman–Crippen MR) is 56.6 cm³/mol. The Balaban J connectivity index is 3.74. The van der Waals surface area contributed by atoms with Crippen molar-refractivity contribution < 1.29 is 4.79 Å². The fraction of sp³-hybridized carbons (Fsp3) is 0.818. The Hall–Kier alpha value is -1.04. The molecule has 0 aromatic heterocycles. The average molecular weight is 196 g/mol. The predicted octanol–water partition coefficient (Wildman–Crippen LogP) is 2.33. The first-order chi connectivity index (χ1) is 6.76. The van der Waals surface area contributed by atoms with E-state index in [1.807, 2.05) is 6.92 Å². The number of rotatable bonds is 7. The summed E-state index contributed by atoms with van der Waals surface area (Å²) in [7, 11) is 0. The molecule has 0 aliphatic heterocycles. The molecule has 0 atom stereocenters. The fourth-order valence-electron chi connectivity index (χ4n) is 1.33. The molecule has 0 saturated heterocycles. The van der Waals surface area contributed by atoms with E-state index in [2.05, 4.69) is 13.0 Å². The van der Waals surface area contributed by atoms with Gasteiger partial charge in [0.25, 0.3) is 0 Å². The third-order valence-electron chi connectivity index (χ3n) is 2.22. The molecule has 0 spiro atoms. The van der Waals surface area contributed by atoms with E-state index in [1.165, 1.54) is 0 Å². The van der Waals surface area contributed by atoms with Gasteiger partial charge in [0.05, 0.1) is 12.5 Å². The lowest BCUT2D eigenvalue weighted by atomic mass is 10.2. The Morgan fingerprint density at radius 3 is 2.57 bits per heavy atom. The fourth-order valence-corrected chi connectivity index (χ4v) is 1.33. The van der Waals surface area contributed by atoms with E-state index >= 15 is 0 Å². The van der Waals surface area contributed by atoms with Crippen molar-refractivity contribution in [1.82, 2.24) is 4.90 Å². The van der Waals surface area contributed by atoms with Crippen LogP contribution in [0.2, 0.25) is 0 Å². The molecule has 3 heteroatoms. The number of nitriles is 1. The molecule has 0 rings (SSSR count). The van der Waals surface area contributed by atoms with Crippen molar-refractivity contribution in [3.63, 3.8) is 0 Å². The molecular weight excluding hydrogens is 176 g/mol. The van der Waals surface area contributed by atoms with E-state index in [4.69, 9.17) is 5.26 Å². The van der Waals surface area contributed by atoms with Gasteiger partial charge in [-0.3, -0.25) is 4.79 Å². The lowest BCUT2D eigenvalue weighted by Gasteiger charge is -2.19. The quantitative estimate of drug-likeness (QED) is 0.586. The van der Waals surface area contributed by atoms with Gasteiger partial charge in [-0.15, -0.1) is 0 Å². The zero-order chi connectivity index (χ0) is 10.8. The summed E-state index contributed by atoms with van der Waals surface area (Å²) in [5, 5.41) is 8.42. The lowest BCUT2D eigenvalue weighted by Crippen LogP contribution is -2.31. The van der Waals surface area contributed by atoms with Crippen LogP contribution in [-0.2, 0) is 4.79 Å². The van der Waals surface area contributed by atoms with Crippen LogP contribution in [0.15, 0.2) is 0 Å². The molecule has 80 valence electrons. The molecule has 0 aliphatic carbocycles. The van der Waals surface area contributed by atoms with Crippen molar-refractivity contribution >= 4 is 5.91 Å². The Morgan fingerprint density at radius 2 is 2.07 bits per heavy atom. The van der Waals surface area contributed by atoms with Crippen LogP contribution in [0.4, 0.5) is 0 Å². The average Bonchev–Trinajstić information content (AvgIpc) is 2.19. The van der Waals surface area contributed by atoms with Crippen LogP contribution in [0, 0.1) is 11.3 Å².